The van der Waals surface area contributed by atoms with Crippen LogP contribution in [0.1, 0.15) is 23.5 Å². The number of nitrogens with one attached hydrogen (secondary N) is 1. The number of Topliss-reactive ketones (excluding diaryl/α,β-unsaturated/α-hetero) is 1. The summed E-state index contributed by atoms with van der Waals surface area (Å²) < 4.78 is 29.8. The van der Waals surface area contributed by atoms with Gasteiger partial charge in [-0.2, -0.15) is 0 Å². The van der Waals surface area contributed by atoms with Crippen LogP contribution < -0.4 is 5.32 Å². The van der Waals surface area contributed by atoms with Crippen LogP contribution in [0.5, 0.6) is 0 Å². The fourth-order valence-electron chi connectivity index (χ4n) is 2.66. The van der Waals surface area contributed by atoms with Gasteiger partial charge >= 0.3 is 6.09 Å². The zero-order valence-corrected chi connectivity index (χ0v) is 20.7. The Hall–Kier alpha value is -1.35. The normalized spacial score (nSPS) is 16.7. The van der Waals surface area contributed by atoms with Crippen molar-refractivity contribution in [2.75, 3.05) is 5.32 Å². The summed E-state index contributed by atoms with van der Waals surface area (Å²) in [7, 11) is 0. The summed E-state index contributed by atoms with van der Waals surface area (Å²) in [6, 6.07) is 10.8. The quantitative estimate of drug-likeness (QED) is 0.310. The minimum Gasteiger partial charge on any atom is -0.444 e. The Morgan fingerprint density at radius 3 is 2.03 bits per heavy atom. The molecule has 1 N–H and O–H groups in total. The van der Waals surface area contributed by atoms with E-state index in [9.17, 15) is 23.2 Å². The van der Waals surface area contributed by atoms with E-state index in [2.05, 4.69) is 5.32 Å². The second-order valence-corrected chi connectivity index (χ2v) is 10.6. The summed E-state index contributed by atoms with van der Waals surface area (Å²) in [6.07, 6.45) is -1.00. The van der Waals surface area contributed by atoms with Gasteiger partial charge in [0.05, 0.1) is 0 Å². The van der Waals surface area contributed by atoms with Crippen LogP contribution in [0.15, 0.2) is 42.5 Å². The van der Waals surface area contributed by atoms with Crippen LogP contribution in [-0.4, -0.2) is 25.2 Å². The van der Waals surface area contributed by atoms with E-state index in [0.717, 1.165) is 17.7 Å². The summed E-state index contributed by atoms with van der Waals surface area (Å²) >= 11 is 31.1. The van der Waals surface area contributed by atoms with Gasteiger partial charge in [0, 0.05) is 23.6 Å². The van der Waals surface area contributed by atoms with E-state index in [1.54, 1.807) is 24.3 Å². The zero-order chi connectivity index (χ0) is 25.0. The van der Waals surface area contributed by atoms with Gasteiger partial charge in [-0.25, -0.2) is 13.6 Å². The van der Waals surface area contributed by atoms with E-state index in [1.165, 1.54) is 0 Å². The first-order chi connectivity index (χ1) is 15.2. The fraction of sp³-hybridized carbons (Fsp3) is 0.250. The highest BCUT2D eigenvalue weighted by Gasteiger charge is 2.55. The van der Waals surface area contributed by atoms with Crippen molar-refractivity contribution in [3.63, 3.8) is 0 Å². The van der Waals surface area contributed by atoms with Crippen LogP contribution in [0.3, 0.4) is 0 Å². The van der Waals surface area contributed by atoms with Crippen LogP contribution in [0.25, 0.3) is 0 Å². The average molecular weight is 582 g/mol. The molecule has 1 fully saturated rings. The first-order valence-corrected chi connectivity index (χ1v) is 11.1. The fourth-order valence-corrected chi connectivity index (χ4v) is 3.19. The molecule has 178 valence electrons. The molecule has 13 heteroatoms. The van der Waals surface area contributed by atoms with Crippen molar-refractivity contribution in [1.29, 1.82) is 0 Å². The molecular weight excluding hydrogens is 569 g/mol. The van der Waals surface area contributed by atoms with Crippen molar-refractivity contribution in [3.05, 3.63) is 65.2 Å². The highest BCUT2D eigenvalue weighted by molar-refractivity contribution is 6.88. The van der Waals surface area contributed by atoms with Gasteiger partial charge in [-0.05, 0) is 29.3 Å². The van der Waals surface area contributed by atoms with Crippen molar-refractivity contribution in [2.24, 2.45) is 0 Å². The molecule has 1 amide bonds. The van der Waals surface area contributed by atoms with Crippen LogP contribution in [0.2, 0.25) is 0 Å². The van der Waals surface area contributed by atoms with Crippen LogP contribution in [0.4, 0.5) is 19.3 Å². The summed E-state index contributed by atoms with van der Waals surface area (Å²) in [4.78, 5) is 33.0. The Kier molecular flexibility index (Phi) is 9.62. The minimum absolute atomic E-state index is 0.0148. The maximum atomic E-state index is 14.3. The Morgan fingerprint density at radius 2 is 1.61 bits per heavy atom. The molecule has 5 nitrogen and oxygen atoms in total. The smallest absolute Gasteiger partial charge is 0.411 e. The second kappa shape index (κ2) is 11.4. The summed E-state index contributed by atoms with van der Waals surface area (Å²) in [5, 5.41) is 1.26. The van der Waals surface area contributed by atoms with Gasteiger partial charge in [0.2, 0.25) is 0 Å². The molecule has 33 heavy (non-hydrogen) atoms. The first kappa shape index (κ1) is 27.9. The molecule has 0 aliphatic heterocycles. The molecule has 0 bridgehead atoms. The van der Waals surface area contributed by atoms with Crippen molar-refractivity contribution < 1.29 is 27.9 Å². The maximum absolute atomic E-state index is 14.3. The van der Waals surface area contributed by atoms with E-state index >= 15 is 0 Å². The van der Waals surface area contributed by atoms with Crippen LogP contribution in [0, 0.1) is 11.6 Å². The van der Waals surface area contributed by atoms with E-state index in [0.29, 0.717) is 0 Å². The summed E-state index contributed by atoms with van der Waals surface area (Å²) in [5.74, 6) is -3.37. The maximum Gasteiger partial charge on any atom is 0.411 e. The van der Waals surface area contributed by atoms with Gasteiger partial charge in [-0.3, -0.25) is 14.9 Å². The van der Waals surface area contributed by atoms with Crippen molar-refractivity contribution in [1.82, 2.24) is 0 Å². The number of amides is 1. The highest BCUT2D eigenvalue weighted by atomic mass is 35.6. The molecule has 3 rings (SSSR count). The molecule has 1 saturated carbocycles. The van der Waals surface area contributed by atoms with Crippen molar-refractivity contribution >= 4 is 92.4 Å². The third-order valence-electron chi connectivity index (χ3n) is 4.31. The number of ether oxygens (including phenoxy) is 1. The number of carbonyl (C=O) groups is 3. The van der Waals surface area contributed by atoms with Gasteiger partial charge in [-0.1, -0.05) is 88.3 Å². The molecule has 2 aromatic rings. The van der Waals surface area contributed by atoms with Gasteiger partial charge in [0.15, 0.2) is 10.1 Å². The predicted octanol–water partition coefficient (Wildman–Crippen LogP) is 7.07. The standard InChI is InChI=1S/C18H13Cl2F2NO3.C2Cl4O/c19-18(20)12(8-15(18)24)16-13(21)6-11(7-14(16)22)23-17(25)26-9-10-4-2-1-3-5-10;3-1(7)2(4,5)6/h1-7,12H,8-9H2,(H,23,25);. The lowest BCUT2D eigenvalue weighted by atomic mass is 9.77. The summed E-state index contributed by atoms with van der Waals surface area (Å²) in [5.41, 5.74) is 0.269. The molecule has 0 radical (unpaired) electrons. The molecule has 1 aliphatic rings. The van der Waals surface area contributed by atoms with Crippen molar-refractivity contribution in [2.45, 2.75) is 27.1 Å². The first-order valence-electron chi connectivity index (χ1n) is 8.88. The number of hydrogen-bond donors (Lipinski definition) is 1. The molecule has 1 unspecified atom stereocenters. The Morgan fingerprint density at radius 1 is 1.09 bits per heavy atom. The Balaban J connectivity index is 0.000000479. The number of halogens is 8. The van der Waals surface area contributed by atoms with E-state index in [1.807, 2.05) is 6.07 Å². The Labute approximate surface area is 217 Å². The van der Waals surface area contributed by atoms with Gasteiger partial charge in [-0.15, -0.1) is 0 Å². The molecule has 1 aliphatic carbocycles. The number of rotatable bonds is 4. The van der Waals surface area contributed by atoms with Crippen LogP contribution >= 0.6 is 69.6 Å². The lowest BCUT2D eigenvalue weighted by Crippen LogP contribution is -2.46. The molecule has 0 heterocycles. The second-order valence-electron chi connectivity index (χ2n) is 6.61. The molecule has 0 aromatic heterocycles. The van der Waals surface area contributed by atoms with Gasteiger partial charge in [0.1, 0.15) is 18.2 Å². The van der Waals surface area contributed by atoms with E-state index < -0.39 is 42.8 Å². The molecule has 0 saturated heterocycles. The monoisotopic (exact) mass is 579 g/mol. The third kappa shape index (κ3) is 7.57. The average Bonchev–Trinajstić information content (AvgIpc) is 2.72. The number of benzene rings is 2. The molecular formula is C20H13Cl6F2NO4. The third-order valence-corrected chi connectivity index (χ3v) is 6.35. The molecule has 2 aromatic carbocycles. The minimum atomic E-state index is -1.96. The number of ketones is 1. The predicted molar refractivity (Wildman–Crippen MR) is 125 cm³/mol. The van der Waals surface area contributed by atoms with Gasteiger partial charge in [0.25, 0.3) is 9.03 Å². The molecule has 0 spiro atoms. The van der Waals surface area contributed by atoms with Crippen LogP contribution in [-0.2, 0) is 20.9 Å². The topological polar surface area (TPSA) is 72.5 Å². The number of alkyl halides is 5. The van der Waals surface area contributed by atoms with E-state index in [4.69, 9.17) is 74.3 Å². The number of anilines is 1. The largest absolute Gasteiger partial charge is 0.444 e. The van der Waals surface area contributed by atoms with Crippen molar-refractivity contribution in [3.8, 4) is 0 Å². The Bertz CT molecular complexity index is 1020. The summed E-state index contributed by atoms with van der Waals surface area (Å²) in [6.45, 7) is 0.0148. The number of carbonyl (C=O) groups excluding carboxylic acids is 3. The number of hydrogen-bond acceptors (Lipinski definition) is 4. The SMILES string of the molecule is O=C(Cl)C(Cl)(Cl)Cl.O=C(Nc1cc(F)c(C2CC(=O)C2(Cl)Cl)c(F)c1)OCc1ccccc1. The highest BCUT2D eigenvalue weighted by Crippen LogP contribution is 2.52. The van der Waals surface area contributed by atoms with Gasteiger partial charge < -0.3 is 4.74 Å². The lowest BCUT2D eigenvalue weighted by Gasteiger charge is -2.38. The zero-order valence-electron chi connectivity index (χ0n) is 16.2. The van der Waals surface area contributed by atoms with E-state index in [-0.39, 0.29) is 24.3 Å². The molecule has 1 atom stereocenters. The lowest BCUT2D eigenvalue weighted by molar-refractivity contribution is -0.125.